The van der Waals surface area contributed by atoms with Gasteiger partial charge < -0.3 is 4.90 Å². The molecule has 0 radical (unpaired) electrons. The molecule has 0 aromatic carbocycles. The minimum absolute atomic E-state index is 0.398. The highest BCUT2D eigenvalue weighted by Gasteiger charge is 2.38. The lowest BCUT2D eigenvalue weighted by Crippen LogP contribution is -2.24. The van der Waals surface area contributed by atoms with Crippen LogP contribution in [0.2, 0.25) is 0 Å². The Labute approximate surface area is 60.9 Å². The highest BCUT2D eigenvalue weighted by molar-refractivity contribution is 8.02. The summed E-state index contributed by atoms with van der Waals surface area (Å²) in [6, 6.07) is 0. The molecule has 1 rings (SSSR count). The highest BCUT2D eigenvalue weighted by Crippen LogP contribution is 2.34. The van der Waals surface area contributed by atoms with E-state index >= 15 is 0 Å². The van der Waals surface area contributed by atoms with Crippen LogP contribution in [0.4, 0.5) is 13.2 Å². The zero-order valence-corrected chi connectivity index (χ0v) is 6.09. The van der Waals surface area contributed by atoms with Crippen molar-refractivity contribution in [2.45, 2.75) is 6.18 Å². The Kier molecular flexibility index (Phi) is 1.85. The van der Waals surface area contributed by atoms with Crippen molar-refractivity contribution in [2.24, 2.45) is 0 Å². The number of halogens is 3. The van der Waals surface area contributed by atoms with Crippen LogP contribution in [0.15, 0.2) is 11.1 Å². The molecule has 1 aliphatic heterocycles. The van der Waals surface area contributed by atoms with E-state index in [0.717, 1.165) is 17.2 Å². The molecule has 0 spiro atoms. The average Bonchev–Trinajstić information content (AvgIpc) is 2.11. The zero-order valence-electron chi connectivity index (χ0n) is 5.27. The summed E-state index contributed by atoms with van der Waals surface area (Å²) in [7, 11) is 1.43. The number of thioether (sulfide) groups is 1. The van der Waals surface area contributed by atoms with E-state index in [9.17, 15) is 13.2 Å². The van der Waals surface area contributed by atoms with E-state index in [1.54, 1.807) is 0 Å². The van der Waals surface area contributed by atoms with Gasteiger partial charge in [-0.1, -0.05) is 0 Å². The maximum atomic E-state index is 11.9. The van der Waals surface area contributed by atoms with Crippen LogP contribution in [0.5, 0.6) is 0 Å². The number of hydrogen-bond donors (Lipinski definition) is 0. The summed E-state index contributed by atoms with van der Waals surface area (Å²) in [5.41, 5.74) is -0.544. The lowest BCUT2D eigenvalue weighted by molar-refractivity contribution is -0.107. The largest absolute Gasteiger partial charge is 0.431 e. The summed E-state index contributed by atoms with van der Waals surface area (Å²) in [5, 5.41) is 1.14. The quantitative estimate of drug-likeness (QED) is 0.545. The van der Waals surface area contributed by atoms with Crippen molar-refractivity contribution in [1.82, 2.24) is 4.90 Å². The van der Waals surface area contributed by atoms with E-state index in [1.807, 2.05) is 0 Å². The number of nitrogens with zero attached hydrogens (tertiary/aromatic N) is 1. The highest BCUT2D eigenvalue weighted by atomic mass is 32.2. The predicted octanol–water partition coefficient (Wildman–Crippen LogP) is 2.03. The van der Waals surface area contributed by atoms with Gasteiger partial charge >= 0.3 is 6.18 Å². The summed E-state index contributed by atoms with van der Waals surface area (Å²) in [6.07, 6.45) is -4.18. The van der Waals surface area contributed by atoms with Crippen LogP contribution in [-0.4, -0.2) is 24.0 Å². The van der Waals surface area contributed by atoms with Gasteiger partial charge in [0.25, 0.3) is 0 Å². The first-order chi connectivity index (χ1) is 4.52. The van der Waals surface area contributed by atoms with Crippen LogP contribution < -0.4 is 0 Å². The van der Waals surface area contributed by atoms with Crippen molar-refractivity contribution >= 4 is 11.8 Å². The molecule has 0 fully saturated rings. The maximum Gasteiger partial charge on any atom is 0.431 e. The van der Waals surface area contributed by atoms with Crippen molar-refractivity contribution in [2.75, 3.05) is 12.9 Å². The monoisotopic (exact) mass is 169 g/mol. The molecule has 0 bridgehead atoms. The van der Waals surface area contributed by atoms with Gasteiger partial charge in [0.05, 0.1) is 5.88 Å². The smallest absolute Gasteiger partial charge is 0.361 e. The van der Waals surface area contributed by atoms with E-state index in [4.69, 9.17) is 0 Å². The molecule has 1 heterocycles. The summed E-state index contributed by atoms with van der Waals surface area (Å²) in [4.78, 5) is 1.19. The molecule has 0 amide bonds. The Morgan fingerprint density at radius 1 is 1.60 bits per heavy atom. The van der Waals surface area contributed by atoms with Gasteiger partial charge in [0.15, 0.2) is 0 Å². The second kappa shape index (κ2) is 2.38. The summed E-state index contributed by atoms with van der Waals surface area (Å²) in [6.45, 7) is 0. The molecular weight excluding hydrogens is 163 g/mol. The van der Waals surface area contributed by atoms with Crippen molar-refractivity contribution in [3.8, 4) is 0 Å². The Balaban J connectivity index is 2.72. The number of rotatable bonds is 0. The van der Waals surface area contributed by atoms with Crippen LogP contribution >= 0.6 is 11.8 Å². The Bertz CT molecular complexity index is 163. The molecule has 0 aliphatic carbocycles. The summed E-state index contributed by atoms with van der Waals surface area (Å²) < 4.78 is 35.7. The fraction of sp³-hybridized carbons (Fsp3) is 0.600. The standard InChI is InChI=1S/C5H6F3NS/c1-9-3-10-2-4(9)5(6,7)8/h2H,3H2,1H3. The number of allylic oxidation sites excluding steroid dienone is 1. The van der Waals surface area contributed by atoms with Crippen molar-refractivity contribution < 1.29 is 13.2 Å². The van der Waals surface area contributed by atoms with Gasteiger partial charge in [0.2, 0.25) is 0 Å². The predicted molar refractivity (Wildman–Crippen MR) is 34.4 cm³/mol. The minimum Gasteiger partial charge on any atom is -0.361 e. The number of alkyl halides is 3. The lowest BCUT2D eigenvalue weighted by atomic mass is 10.4. The van der Waals surface area contributed by atoms with E-state index in [0.29, 0.717) is 5.88 Å². The summed E-state index contributed by atoms with van der Waals surface area (Å²) in [5.74, 6) is 0.398. The van der Waals surface area contributed by atoms with E-state index < -0.39 is 11.9 Å². The van der Waals surface area contributed by atoms with E-state index in [2.05, 4.69) is 0 Å². The molecule has 10 heavy (non-hydrogen) atoms. The maximum absolute atomic E-state index is 11.9. The third-order valence-electron chi connectivity index (χ3n) is 1.16. The molecule has 0 saturated carbocycles. The van der Waals surface area contributed by atoms with Crippen molar-refractivity contribution in [1.29, 1.82) is 0 Å². The Hall–Kier alpha value is -0.320. The van der Waals surface area contributed by atoms with Crippen LogP contribution in [-0.2, 0) is 0 Å². The third kappa shape index (κ3) is 1.39. The molecule has 0 aromatic rings. The first-order valence-electron chi connectivity index (χ1n) is 2.62. The van der Waals surface area contributed by atoms with Gasteiger partial charge in [0.1, 0.15) is 5.70 Å². The molecule has 1 nitrogen and oxygen atoms in total. The normalized spacial score (nSPS) is 19.6. The fourth-order valence-electron chi connectivity index (χ4n) is 0.671. The molecular formula is C5H6F3NS. The van der Waals surface area contributed by atoms with E-state index in [-0.39, 0.29) is 0 Å². The van der Waals surface area contributed by atoms with Gasteiger partial charge in [-0.2, -0.15) is 13.2 Å². The molecule has 58 valence electrons. The lowest BCUT2D eigenvalue weighted by Gasteiger charge is -2.16. The first kappa shape index (κ1) is 7.78. The van der Waals surface area contributed by atoms with Gasteiger partial charge in [-0.3, -0.25) is 0 Å². The van der Waals surface area contributed by atoms with Gasteiger partial charge in [-0.15, -0.1) is 11.8 Å². The van der Waals surface area contributed by atoms with Crippen LogP contribution in [0.25, 0.3) is 0 Å². The van der Waals surface area contributed by atoms with Gasteiger partial charge in [-0.05, 0) is 0 Å². The second-order valence-electron chi connectivity index (χ2n) is 1.99. The van der Waals surface area contributed by atoms with Crippen molar-refractivity contribution in [3.63, 3.8) is 0 Å². The van der Waals surface area contributed by atoms with Gasteiger partial charge in [-0.25, -0.2) is 0 Å². The zero-order chi connectivity index (χ0) is 7.78. The average molecular weight is 169 g/mol. The molecule has 0 aromatic heterocycles. The Morgan fingerprint density at radius 3 is 2.40 bits per heavy atom. The molecule has 0 unspecified atom stereocenters. The number of hydrogen-bond acceptors (Lipinski definition) is 2. The molecule has 0 atom stereocenters. The third-order valence-corrected chi connectivity index (χ3v) is 2.09. The summed E-state index contributed by atoms with van der Waals surface area (Å²) >= 11 is 1.16. The SMILES string of the molecule is CN1CSC=C1C(F)(F)F. The van der Waals surface area contributed by atoms with Crippen LogP contribution in [0, 0.1) is 0 Å². The molecule has 0 saturated heterocycles. The topological polar surface area (TPSA) is 3.24 Å². The van der Waals surface area contributed by atoms with Crippen LogP contribution in [0.3, 0.4) is 0 Å². The molecule has 1 aliphatic rings. The van der Waals surface area contributed by atoms with Crippen molar-refractivity contribution in [3.05, 3.63) is 11.1 Å². The Morgan fingerprint density at radius 2 is 2.20 bits per heavy atom. The molecule has 0 N–H and O–H groups in total. The minimum atomic E-state index is -4.18. The molecule has 5 heteroatoms. The second-order valence-corrected chi connectivity index (χ2v) is 2.82. The van der Waals surface area contributed by atoms with Crippen LogP contribution in [0.1, 0.15) is 0 Å². The van der Waals surface area contributed by atoms with Gasteiger partial charge in [0, 0.05) is 12.5 Å². The first-order valence-corrected chi connectivity index (χ1v) is 3.67. The van der Waals surface area contributed by atoms with E-state index in [1.165, 1.54) is 11.9 Å². The fourth-order valence-corrected chi connectivity index (χ4v) is 1.58.